The molecular weight excluding hydrogens is 104 g/mol. The molecule has 0 radical (unpaired) electrons. The minimum atomic E-state index is 0.341. The summed E-state index contributed by atoms with van der Waals surface area (Å²) in [5.74, 6) is 3.09. The Hall–Kier alpha value is -0.940. The Bertz CT molecular complexity index is 133. The Morgan fingerprint density at radius 2 is 2.62 bits per heavy atom. The van der Waals surface area contributed by atoms with Crippen molar-refractivity contribution in [2.75, 3.05) is 13.4 Å². The monoisotopic (exact) mass is 110 g/mol. The molecule has 0 aliphatic carbocycles. The zero-order valence-electron chi connectivity index (χ0n) is 4.39. The normalized spacial score (nSPS) is 22.6. The third-order valence-electron chi connectivity index (χ3n) is 0.816. The first-order valence-corrected chi connectivity index (χ1v) is 2.29. The Morgan fingerprint density at radius 1 is 1.75 bits per heavy atom. The van der Waals surface area contributed by atoms with Gasteiger partial charge < -0.3 is 9.47 Å². The van der Waals surface area contributed by atoms with Crippen LogP contribution in [0.5, 0.6) is 0 Å². The lowest BCUT2D eigenvalue weighted by atomic mass is 10.5. The van der Waals surface area contributed by atoms with Crippen molar-refractivity contribution in [3.63, 3.8) is 0 Å². The molecule has 42 valence electrons. The van der Waals surface area contributed by atoms with Crippen LogP contribution >= 0.6 is 0 Å². The molecule has 8 heavy (non-hydrogen) atoms. The molecule has 0 saturated carbocycles. The first-order chi connectivity index (χ1) is 3.93. The molecule has 0 atom stereocenters. The van der Waals surface area contributed by atoms with Crippen molar-refractivity contribution in [3.05, 3.63) is 11.8 Å². The summed E-state index contributed by atoms with van der Waals surface area (Å²) in [6.07, 6.45) is 6.51. The lowest BCUT2D eigenvalue weighted by Crippen LogP contribution is -1.79. The minimum absolute atomic E-state index is 0.341. The fourth-order valence-corrected chi connectivity index (χ4v) is 0.478. The van der Waals surface area contributed by atoms with Crippen LogP contribution in [0.4, 0.5) is 0 Å². The Balaban J connectivity index is 2.48. The van der Waals surface area contributed by atoms with Gasteiger partial charge in [0.1, 0.15) is 12.4 Å². The van der Waals surface area contributed by atoms with Crippen LogP contribution in [0, 0.1) is 12.3 Å². The van der Waals surface area contributed by atoms with Gasteiger partial charge >= 0.3 is 0 Å². The maximum atomic E-state index is 4.95. The maximum Gasteiger partial charge on any atom is 0.189 e. The van der Waals surface area contributed by atoms with Gasteiger partial charge in [-0.15, -0.1) is 6.42 Å². The van der Waals surface area contributed by atoms with E-state index in [4.69, 9.17) is 15.9 Å². The molecule has 1 saturated heterocycles. The third-order valence-corrected chi connectivity index (χ3v) is 0.816. The quantitative estimate of drug-likeness (QED) is 0.423. The predicted octanol–water partition coefficient (Wildman–Crippen LogP) is 0.508. The fourth-order valence-electron chi connectivity index (χ4n) is 0.478. The second-order valence-electron chi connectivity index (χ2n) is 1.39. The summed E-state index contributed by atoms with van der Waals surface area (Å²) in [7, 11) is 0. The van der Waals surface area contributed by atoms with Gasteiger partial charge in [0.25, 0.3) is 0 Å². The average Bonchev–Trinajstić information content (AvgIpc) is 2.19. The Morgan fingerprint density at radius 3 is 3.12 bits per heavy atom. The Kier molecular flexibility index (Phi) is 1.55. The molecule has 0 aromatic carbocycles. The number of allylic oxidation sites excluding steroid dienone is 1. The van der Waals surface area contributed by atoms with Gasteiger partial charge in [0.15, 0.2) is 6.79 Å². The topological polar surface area (TPSA) is 18.5 Å². The molecule has 0 amide bonds. The van der Waals surface area contributed by atoms with Crippen LogP contribution in [0.25, 0.3) is 0 Å². The third kappa shape index (κ3) is 1.02. The number of terminal acetylenes is 1. The van der Waals surface area contributed by atoms with E-state index in [1.807, 2.05) is 0 Å². The van der Waals surface area contributed by atoms with E-state index in [1.54, 1.807) is 6.08 Å². The van der Waals surface area contributed by atoms with Gasteiger partial charge in [-0.1, -0.05) is 5.92 Å². The second-order valence-corrected chi connectivity index (χ2v) is 1.39. The first kappa shape index (κ1) is 5.20. The molecule has 1 aliphatic heterocycles. The summed E-state index contributed by atoms with van der Waals surface area (Å²) in [6, 6.07) is 0. The van der Waals surface area contributed by atoms with E-state index in [2.05, 4.69) is 5.92 Å². The van der Waals surface area contributed by atoms with Gasteiger partial charge in [0, 0.05) is 6.08 Å². The van der Waals surface area contributed by atoms with E-state index in [-0.39, 0.29) is 0 Å². The Labute approximate surface area is 48.1 Å². The van der Waals surface area contributed by atoms with Gasteiger partial charge in [-0.2, -0.15) is 0 Å². The number of hydrogen-bond donors (Lipinski definition) is 0. The van der Waals surface area contributed by atoms with Gasteiger partial charge in [-0.25, -0.2) is 0 Å². The fraction of sp³-hybridized carbons (Fsp3) is 0.333. The van der Waals surface area contributed by atoms with Crippen LogP contribution in [0.2, 0.25) is 0 Å². The molecule has 1 rings (SSSR count). The predicted molar refractivity (Wildman–Crippen MR) is 28.8 cm³/mol. The van der Waals surface area contributed by atoms with E-state index < -0.39 is 0 Å². The van der Waals surface area contributed by atoms with Crippen molar-refractivity contribution in [3.8, 4) is 12.3 Å². The standard InChI is InChI=1S/C6H6O2/c1-2-3-6-4-7-5-8-6/h1,3H,4-5H2. The summed E-state index contributed by atoms with van der Waals surface area (Å²) in [5, 5.41) is 0. The number of ether oxygens (including phenoxy) is 2. The van der Waals surface area contributed by atoms with E-state index in [0.29, 0.717) is 13.4 Å². The number of hydrogen-bond acceptors (Lipinski definition) is 2. The van der Waals surface area contributed by atoms with E-state index >= 15 is 0 Å². The van der Waals surface area contributed by atoms with Crippen molar-refractivity contribution < 1.29 is 9.47 Å². The lowest BCUT2D eigenvalue weighted by Gasteiger charge is -1.87. The summed E-state index contributed by atoms with van der Waals surface area (Å²) in [6.45, 7) is 0.859. The summed E-state index contributed by atoms with van der Waals surface area (Å²) in [5.41, 5.74) is 0. The molecule has 1 aliphatic rings. The largest absolute Gasteiger partial charge is 0.469 e. The van der Waals surface area contributed by atoms with Crippen molar-refractivity contribution >= 4 is 0 Å². The average molecular weight is 110 g/mol. The molecule has 0 N–H and O–H groups in total. The van der Waals surface area contributed by atoms with Gasteiger partial charge in [0.2, 0.25) is 0 Å². The van der Waals surface area contributed by atoms with Crippen LogP contribution in [0.3, 0.4) is 0 Å². The highest BCUT2D eigenvalue weighted by molar-refractivity contribution is 5.14. The minimum Gasteiger partial charge on any atom is -0.469 e. The molecule has 1 fully saturated rings. The highest BCUT2D eigenvalue weighted by Crippen LogP contribution is 2.04. The molecule has 0 bridgehead atoms. The molecule has 0 unspecified atom stereocenters. The van der Waals surface area contributed by atoms with Crippen LogP contribution in [-0.4, -0.2) is 13.4 Å². The van der Waals surface area contributed by atoms with Crippen molar-refractivity contribution in [1.29, 1.82) is 0 Å². The van der Waals surface area contributed by atoms with Crippen molar-refractivity contribution in [2.45, 2.75) is 0 Å². The second kappa shape index (κ2) is 2.39. The van der Waals surface area contributed by atoms with Crippen LogP contribution in [0.1, 0.15) is 0 Å². The molecule has 2 heteroatoms. The van der Waals surface area contributed by atoms with Crippen LogP contribution < -0.4 is 0 Å². The van der Waals surface area contributed by atoms with Crippen molar-refractivity contribution in [1.82, 2.24) is 0 Å². The summed E-state index contributed by atoms with van der Waals surface area (Å²) >= 11 is 0. The smallest absolute Gasteiger partial charge is 0.189 e. The molecule has 0 spiro atoms. The SMILES string of the molecule is C#CC=C1COCO1. The molecule has 2 nitrogen and oxygen atoms in total. The van der Waals surface area contributed by atoms with E-state index in [9.17, 15) is 0 Å². The van der Waals surface area contributed by atoms with E-state index in [0.717, 1.165) is 5.76 Å². The highest BCUT2D eigenvalue weighted by atomic mass is 16.7. The highest BCUT2D eigenvalue weighted by Gasteiger charge is 2.04. The summed E-state index contributed by atoms with van der Waals surface area (Å²) in [4.78, 5) is 0. The zero-order valence-corrected chi connectivity index (χ0v) is 4.39. The molecule has 0 aromatic heterocycles. The molecule has 0 aromatic rings. The lowest BCUT2D eigenvalue weighted by molar-refractivity contribution is 0.0800. The molecular formula is C6H6O2. The van der Waals surface area contributed by atoms with Gasteiger partial charge in [-0.3, -0.25) is 0 Å². The van der Waals surface area contributed by atoms with Gasteiger partial charge in [0.05, 0.1) is 0 Å². The molecule has 1 heterocycles. The zero-order chi connectivity index (χ0) is 5.82. The van der Waals surface area contributed by atoms with Gasteiger partial charge in [-0.05, 0) is 0 Å². The van der Waals surface area contributed by atoms with Crippen LogP contribution in [-0.2, 0) is 9.47 Å². The maximum absolute atomic E-state index is 4.95. The number of rotatable bonds is 0. The first-order valence-electron chi connectivity index (χ1n) is 2.29. The van der Waals surface area contributed by atoms with Crippen molar-refractivity contribution in [2.24, 2.45) is 0 Å². The van der Waals surface area contributed by atoms with Crippen LogP contribution in [0.15, 0.2) is 11.8 Å². The summed E-state index contributed by atoms with van der Waals surface area (Å²) < 4.78 is 9.71. The van der Waals surface area contributed by atoms with E-state index in [1.165, 1.54) is 0 Å².